The van der Waals surface area contributed by atoms with Crippen LogP contribution in [0.25, 0.3) is 10.9 Å². The van der Waals surface area contributed by atoms with Gasteiger partial charge < -0.3 is 4.98 Å². The average molecular weight is 298 g/mol. The number of halogens is 1. The van der Waals surface area contributed by atoms with E-state index in [9.17, 15) is 4.21 Å². The van der Waals surface area contributed by atoms with Crippen LogP contribution in [0.2, 0.25) is 5.02 Å². The summed E-state index contributed by atoms with van der Waals surface area (Å²) in [5.41, 5.74) is 3.84. The number of hydrazine groups is 1. The predicted octanol–water partition coefficient (Wildman–Crippen LogP) is 1.20. The number of benzene rings is 1. The monoisotopic (exact) mass is 297 g/mol. The first kappa shape index (κ1) is 12.6. The van der Waals surface area contributed by atoms with Gasteiger partial charge in [-0.3, -0.25) is 0 Å². The van der Waals surface area contributed by atoms with Gasteiger partial charge in [-0.05, 0) is 12.1 Å². The summed E-state index contributed by atoms with van der Waals surface area (Å²) in [5.74, 6) is 0. The van der Waals surface area contributed by atoms with Crippen LogP contribution < -0.4 is 10.1 Å². The third kappa shape index (κ3) is 2.50. The molecule has 1 aliphatic rings. The molecule has 1 aliphatic heterocycles. The summed E-state index contributed by atoms with van der Waals surface area (Å²) in [7, 11) is 0.430. The molecule has 19 heavy (non-hydrogen) atoms. The van der Waals surface area contributed by atoms with Gasteiger partial charge in [0.25, 0.3) is 0 Å². The van der Waals surface area contributed by atoms with Crippen molar-refractivity contribution in [3.8, 4) is 0 Å². The molecule has 2 aromatic rings. The number of hydrogen-bond acceptors (Lipinski definition) is 4. The number of H-pyrrole nitrogens is 1. The highest BCUT2D eigenvalue weighted by molar-refractivity contribution is 7.83. The van der Waals surface area contributed by atoms with Crippen LogP contribution in [0.3, 0.4) is 0 Å². The lowest BCUT2D eigenvalue weighted by Gasteiger charge is -2.12. The Hall–Kier alpha value is -1.41. The summed E-state index contributed by atoms with van der Waals surface area (Å²) >= 11 is 5.92. The van der Waals surface area contributed by atoms with Crippen molar-refractivity contribution in [2.24, 2.45) is 5.10 Å². The standard InChI is InChI=1S/C11H12ClN5OS/c1-17-14-6-11(15-17)16-19(18)10-5-13-9-4-7(12)2-3-8(9)10/h2-6,11,13,15-16H,1H3. The van der Waals surface area contributed by atoms with E-state index in [0.29, 0.717) is 9.92 Å². The lowest BCUT2D eigenvalue weighted by atomic mass is 10.2. The maximum atomic E-state index is 12.3. The van der Waals surface area contributed by atoms with Gasteiger partial charge in [0.05, 0.1) is 11.1 Å². The summed E-state index contributed by atoms with van der Waals surface area (Å²) < 4.78 is 15.2. The Labute approximate surface area is 117 Å². The zero-order valence-corrected chi connectivity index (χ0v) is 11.6. The number of nitrogens with one attached hydrogen (secondary N) is 3. The van der Waals surface area contributed by atoms with E-state index in [0.717, 1.165) is 10.9 Å². The molecule has 0 fully saturated rings. The molecule has 100 valence electrons. The van der Waals surface area contributed by atoms with Crippen molar-refractivity contribution in [3.05, 3.63) is 29.4 Å². The van der Waals surface area contributed by atoms with Crippen molar-refractivity contribution in [1.29, 1.82) is 0 Å². The maximum Gasteiger partial charge on any atom is 0.128 e. The quantitative estimate of drug-likeness (QED) is 0.797. The molecule has 2 unspecified atom stereocenters. The molecule has 6 nitrogen and oxygen atoms in total. The first-order valence-corrected chi connectivity index (χ1v) is 7.15. The van der Waals surface area contributed by atoms with Crippen molar-refractivity contribution in [1.82, 2.24) is 20.2 Å². The van der Waals surface area contributed by atoms with Gasteiger partial charge in [0.1, 0.15) is 17.2 Å². The minimum absolute atomic E-state index is 0.247. The molecule has 8 heteroatoms. The Morgan fingerprint density at radius 2 is 2.37 bits per heavy atom. The second-order valence-corrected chi connectivity index (χ2v) is 5.77. The van der Waals surface area contributed by atoms with Gasteiger partial charge in [-0.2, -0.15) is 10.5 Å². The van der Waals surface area contributed by atoms with Crippen molar-refractivity contribution in [3.63, 3.8) is 0 Å². The molecular weight excluding hydrogens is 286 g/mol. The number of nitrogens with zero attached hydrogens (tertiary/aromatic N) is 2. The summed E-state index contributed by atoms with van der Waals surface area (Å²) in [6.07, 6.45) is 3.13. The number of hydrazone groups is 1. The molecule has 3 rings (SSSR count). The molecule has 1 aromatic carbocycles. The van der Waals surface area contributed by atoms with Crippen LogP contribution in [0.5, 0.6) is 0 Å². The molecule has 2 heterocycles. The van der Waals surface area contributed by atoms with Crippen LogP contribution in [0.4, 0.5) is 0 Å². The Morgan fingerprint density at radius 3 is 3.11 bits per heavy atom. The lowest BCUT2D eigenvalue weighted by Crippen LogP contribution is -2.44. The van der Waals surface area contributed by atoms with Crippen LogP contribution in [-0.2, 0) is 11.0 Å². The number of aromatic nitrogens is 1. The van der Waals surface area contributed by atoms with E-state index in [1.807, 2.05) is 6.07 Å². The van der Waals surface area contributed by atoms with Crippen LogP contribution in [0, 0.1) is 0 Å². The second-order valence-electron chi connectivity index (χ2n) is 4.12. The van der Waals surface area contributed by atoms with Gasteiger partial charge in [0.15, 0.2) is 0 Å². The molecule has 0 aliphatic carbocycles. The van der Waals surface area contributed by atoms with Crippen LogP contribution in [0.15, 0.2) is 34.4 Å². The van der Waals surface area contributed by atoms with E-state index in [1.165, 1.54) is 0 Å². The van der Waals surface area contributed by atoms with Gasteiger partial charge in [0.2, 0.25) is 0 Å². The second kappa shape index (κ2) is 4.93. The zero-order valence-electron chi connectivity index (χ0n) is 10.1. The first-order valence-electron chi connectivity index (χ1n) is 5.62. The molecule has 0 amide bonds. The minimum Gasteiger partial charge on any atom is -0.360 e. The molecule has 2 atom stereocenters. The van der Waals surface area contributed by atoms with Crippen molar-refractivity contribution < 1.29 is 4.21 Å². The molecule has 0 saturated heterocycles. The average Bonchev–Trinajstić information content (AvgIpc) is 2.95. The third-order valence-corrected chi connectivity index (χ3v) is 4.19. The van der Waals surface area contributed by atoms with Gasteiger partial charge in [0, 0.05) is 29.2 Å². The SMILES string of the molecule is CN1N=CC(NS(=O)c2c[nH]c3cc(Cl)ccc23)N1. The molecule has 0 spiro atoms. The van der Waals surface area contributed by atoms with Crippen LogP contribution in [-0.4, -0.2) is 33.7 Å². The third-order valence-electron chi connectivity index (χ3n) is 2.75. The normalized spacial score (nSPS) is 20.3. The maximum absolute atomic E-state index is 12.3. The van der Waals surface area contributed by atoms with E-state index in [-0.39, 0.29) is 6.17 Å². The topological polar surface area (TPSA) is 72.5 Å². The van der Waals surface area contributed by atoms with E-state index in [4.69, 9.17) is 11.6 Å². The number of fused-ring (bicyclic) bond motifs is 1. The van der Waals surface area contributed by atoms with Crippen LogP contribution >= 0.6 is 11.6 Å². The largest absolute Gasteiger partial charge is 0.360 e. The highest BCUT2D eigenvalue weighted by atomic mass is 35.5. The smallest absolute Gasteiger partial charge is 0.128 e. The van der Waals surface area contributed by atoms with E-state index >= 15 is 0 Å². The number of hydrogen-bond donors (Lipinski definition) is 3. The van der Waals surface area contributed by atoms with Gasteiger partial charge in [-0.1, -0.05) is 17.7 Å². The van der Waals surface area contributed by atoms with Crippen molar-refractivity contribution in [2.45, 2.75) is 11.1 Å². The Morgan fingerprint density at radius 1 is 1.53 bits per heavy atom. The fraction of sp³-hybridized carbons (Fsp3) is 0.182. The first-order chi connectivity index (χ1) is 9.13. The summed E-state index contributed by atoms with van der Waals surface area (Å²) in [5, 5.41) is 7.09. The predicted molar refractivity (Wildman–Crippen MR) is 76.0 cm³/mol. The van der Waals surface area contributed by atoms with Crippen LogP contribution in [0.1, 0.15) is 0 Å². The Balaban J connectivity index is 1.84. The fourth-order valence-electron chi connectivity index (χ4n) is 1.90. The van der Waals surface area contributed by atoms with Crippen molar-refractivity contribution in [2.75, 3.05) is 7.05 Å². The van der Waals surface area contributed by atoms with Gasteiger partial charge in [-0.25, -0.2) is 14.0 Å². The molecule has 0 radical (unpaired) electrons. The van der Waals surface area contributed by atoms with E-state index < -0.39 is 11.0 Å². The fourth-order valence-corrected chi connectivity index (χ4v) is 3.08. The van der Waals surface area contributed by atoms with Gasteiger partial charge in [-0.15, -0.1) is 0 Å². The van der Waals surface area contributed by atoms with E-state index in [2.05, 4.69) is 20.2 Å². The number of aromatic amines is 1. The Kier molecular flexibility index (Phi) is 3.28. The van der Waals surface area contributed by atoms with Gasteiger partial charge >= 0.3 is 0 Å². The lowest BCUT2D eigenvalue weighted by molar-refractivity contribution is 0.258. The Bertz CT molecular complexity index is 670. The minimum atomic E-state index is -1.34. The highest BCUT2D eigenvalue weighted by Gasteiger charge is 2.18. The zero-order chi connectivity index (χ0) is 13.4. The molecule has 0 saturated carbocycles. The van der Waals surface area contributed by atoms with E-state index in [1.54, 1.807) is 36.7 Å². The molecular formula is C11H12ClN5OS. The highest BCUT2D eigenvalue weighted by Crippen LogP contribution is 2.23. The summed E-state index contributed by atoms with van der Waals surface area (Å²) in [4.78, 5) is 3.75. The summed E-state index contributed by atoms with van der Waals surface area (Å²) in [6.45, 7) is 0. The molecule has 3 N–H and O–H groups in total. The number of rotatable bonds is 3. The van der Waals surface area contributed by atoms with Crippen molar-refractivity contribution >= 4 is 39.7 Å². The molecule has 0 bridgehead atoms. The summed E-state index contributed by atoms with van der Waals surface area (Å²) in [6, 6.07) is 5.44. The molecule has 1 aromatic heterocycles.